The number of urea groups is 1. The third kappa shape index (κ3) is 4.46. The quantitative estimate of drug-likeness (QED) is 0.619. The molecule has 0 unspecified atom stereocenters. The van der Waals surface area contributed by atoms with E-state index in [2.05, 4.69) is 34.0 Å². The summed E-state index contributed by atoms with van der Waals surface area (Å²) in [5.74, 6) is -0.0424. The molecule has 3 aliphatic heterocycles. The van der Waals surface area contributed by atoms with Crippen LogP contribution in [0, 0.1) is 0 Å². The Hall–Kier alpha value is -2.77. The Morgan fingerprint density at radius 3 is 2.32 bits per heavy atom. The van der Waals surface area contributed by atoms with Crippen molar-refractivity contribution in [3.05, 3.63) is 66.0 Å². The largest absolute Gasteiger partial charge is 0.328 e. The molecule has 1 aromatic carbocycles. The van der Waals surface area contributed by atoms with Gasteiger partial charge in [0.25, 0.3) is 5.91 Å². The number of hydrogen-bond donors (Lipinski definition) is 0. The molecule has 3 amide bonds. The molecule has 3 aliphatic rings. The average molecular weight is 462 g/mol. The average Bonchev–Trinajstić information content (AvgIpc) is 3.06. The van der Waals surface area contributed by atoms with E-state index < -0.39 is 5.54 Å². The zero-order valence-corrected chi connectivity index (χ0v) is 20.1. The van der Waals surface area contributed by atoms with Crippen LogP contribution < -0.4 is 0 Å². The summed E-state index contributed by atoms with van der Waals surface area (Å²) in [6, 6.07) is 16.3. The second-order valence-electron chi connectivity index (χ2n) is 9.98. The number of pyridine rings is 1. The lowest BCUT2D eigenvalue weighted by molar-refractivity contribution is -0.136. The standard InChI is InChI=1S/C27H35N5O2/c1-29-16-11-24(12-17-29)30-19-13-27(14-20-30)25(33)31(21-23-9-5-6-15-28-23)26(34)32(27)18-10-22-7-3-2-4-8-22/h2-9,15,24H,10-14,16-21H2,1H3. The van der Waals surface area contributed by atoms with Crippen molar-refractivity contribution in [2.24, 2.45) is 0 Å². The Balaban J connectivity index is 1.35. The van der Waals surface area contributed by atoms with Gasteiger partial charge in [0.05, 0.1) is 12.2 Å². The topological polar surface area (TPSA) is 60.0 Å². The van der Waals surface area contributed by atoms with Gasteiger partial charge >= 0.3 is 6.03 Å². The molecule has 34 heavy (non-hydrogen) atoms. The molecular formula is C27H35N5O2. The van der Waals surface area contributed by atoms with Crippen molar-refractivity contribution < 1.29 is 9.59 Å². The summed E-state index contributed by atoms with van der Waals surface area (Å²) in [7, 11) is 2.19. The van der Waals surface area contributed by atoms with Gasteiger partial charge < -0.3 is 14.7 Å². The summed E-state index contributed by atoms with van der Waals surface area (Å²) in [6.07, 6.45) is 6.23. The number of hydrogen-bond acceptors (Lipinski definition) is 5. The van der Waals surface area contributed by atoms with Crippen molar-refractivity contribution in [2.45, 2.75) is 50.2 Å². The number of likely N-dealkylation sites (tertiary alicyclic amines) is 2. The summed E-state index contributed by atoms with van der Waals surface area (Å²) in [4.78, 5) is 40.1. The summed E-state index contributed by atoms with van der Waals surface area (Å²) in [5, 5.41) is 0. The second-order valence-corrected chi connectivity index (χ2v) is 9.98. The van der Waals surface area contributed by atoms with E-state index in [0.29, 0.717) is 25.4 Å². The highest BCUT2D eigenvalue weighted by atomic mass is 16.2. The van der Waals surface area contributed by atoms with Gasteiger partial charge in [0.1, 0.15) is 5.54 Å². The minimum Gasteiger partial charge on any atom is -0.309 e. The van der Waals surface area contributed by atoms with Gasteiger partial charge in [-0.1, -0.05) is 36.4 Å². The third-order valence-electron chi connectivity index (χ3n) is 7.96. The van der Waals surface area contributed by atoms with Crippen molar-refractivity contribution in [2.75, 3.05) is 39.8 Å². The molecule has 1 spiro atoms. The molecule has 0 saturated carbocycles. The van der Waals surface area contributed by atoms with Gasteiger partial charge in [-0.05, 0) is 69.9 Å². The predicted molar refractivity (Wildman–Crippen MR) is 131 cm³/mol. The Bertz CT molecular complexity index is 983. The van der Waals surface area contributed by atoms with Gasteiger partial charge in [-0.15, -0.1) is 0 Å². The van der Waals surface area contributed by atoms with E-state index in [1.54, 1.807) is 6.20 Å². The van der Waals surface area contributed by atoms with Crippen LogP contribution in [0.15, 0.2) is 54.7 Å². The summed E-state index contributed by atoms with van der Waals surface area (Å²) in [6.45, 7) is 4.79. The van der Waals surface area contributed by atoms with Crippen molar-refractivity contribution in [1.29, 1.82) is 0 Å². The maximum atomic E-state index is 13.9. The predicted octanol–water partition coefficient (Wildman–Crippen LogP) is 3.02. The number of aromatic nitrogens is 1. The molecule has 5 rings (SSSR count). The number of piperidine rings is 2. The zero-order valence-electron chi connectivity index (χ0n) is 20.1. The number of rotatable bonds is 6. The minimum atomic E-state index is -0.734. The van der Waals surface area contributed by atoms with Gasteiger partial charge in [-0.25, -0.2) is 4.79 Å². The molecule has 180 valence electrons. The molecule has 7 heteroatoms. The van der Waals surface area contributed by atoms with E-state index in [1.165, 1.54) is 23.3 Å². The molecule has 0 aliphatic carbocycles. The van der Waals surface area contributed by atoms with Crippen molar-refractivity contribution in [3.8, 4) is 0 Å². The van der Waals surface area contributed by atoms with Gasteiger partial charge in [-0.2, -0.15) is 0 Å². The normalized spacial score (nSPS) is 22.1. The van der Waals surface area contributed by atoms with Crippen LogP contribution >= 0.6 is 0 Å². The van der Waals surface area contributed by atoms with Crippen LogP contribution in [0.4, 0.5) is 4.79 Å². The minimum absolute atomic E-state index is 0.0424. The number of carbonyl (C=O) groups is 2. The first-order valence-corrected chi connectivity index (χ1v) is 12.6. The first-order valence-electron chi connectivity index (χ1n) is 12.6. The summed E-state index contributed by atoms with van der Waals surface area (Å²) >= 11 is 0. The first-order chi connectivity index (χ1) is 16.6. The van der Waals surface area contributed by atoms with Crippen LogP contribution in [-0.2, 0) is 17.8 Å². The summed E-state index contributed by atoms with van der Waals surface area (Å²) < 4.78 is 0. The van der Waals surface area contributed by atoms with Crippen LogP contribution in [0.1, 0.15) is 36.9 Å². The molecule has 3 fully saturated rings. The first kappa shape index (κ1) is 23.0. The molecule has 0 bridgehead atoms. The highest BCUT2D eigenvalue weighted by molar-refractivity contribution is 6.07. The summed E-state index contributed by atoms with van der Waals surface area (Å²) in [5.41, 5.74) is 1.20. The number of nitrogens with zero attached hydrogens (tertiary/aromatic N) is 5. The van der Waals surface area contributed by atoms with Crippen LogP contribution in [0.2, 0.25) is 0 Å². The van der Waals surface area contributed by atoms with Crippen molar-refractivity contribution in [3.63, 3.8) is 0 Å². The van der Waals surface area contributed by atoms with E-state index >= 15 is 0 Å². The second kappa shape index (κ2) is 9.84. The van der Waals surface area contributed by atoms with Crippen LogP contribution in [0.5, 0.6) is 0 Å². The number of benzene rings is 1. The van der Waals surface area contributed by atoms with E-state index in [9.17, 15) is 9.59 Å². The zero-order chi connectivity index (χ0) is 23.5. The fourth-order valence-electron chi connectivity index (χ4n) is 5.87. The van der Waals surface area contributed by atoms with Gasteiger partial charge in [0, 0.05) is 31.9 Å². The fraction of sp³-hybridized carbons (Fsp3) is 0.519. The molecule has 1 aromatic heterocycles. The maximum absolute atomic E-state index is 13.9. The van der Waals surface area contributed by atoms with E-state index in [0.717, 1.165) is 38.3 Å². The van der Waals surface area contributed by atoms with Crippen molar-refractivity contribution in [1.82, 2.24) is 24.6 Å². The van der Waals surface area contributed by atoms with Crippen LogP contribution in [0.3, 0.4) is 0 Å². The highest BCUT2D eigenvalue weighted by Gasteiger charge is 2.58. The van der Waals surface area contributed by atoms with E-state index in [-0.39, 0.29) is 18.5 Å². The SMILES string of the molecule is CN1CCC(N2CCC3(CC2)C(=O)N(Cc2ccccn2)C(=O)N3CCc2ccccc2)CC1. The Labute approximate surface area is 202 Å². The Morgan fingerprint density at radius 1 is 0.941 bits per heavy atom. The molecule has 0 N–H and O–H groups in total. The molecule has 4 heterocycles. The van der Waals surface area contributed by atoms with Gasteiger partial charge in [0.15, 0.2) is 0 Å². The smallest absolute Gasteiger partial charge is 0.309 e. The van der Waals surface area contributed by atoms with Gasteiger partial charge in [0.2, 0.25) is 0 Å². The van der Waals surface area contributed by atoms with Crippen LogP contribution in [0.25, 0.3) is 0 Å². The van der Waals surface area contributed by atoms with Crippen LogP contribution in [-0.4, -0.2) is 87.9 Å². The van der Waals surface area contributed by atoms with E-state index in [4.69, 9.17) is 0 Å². The third-order valence-corrected chi connectivity index (χ3v) is 7.96. The van der Waals surface area contributed by atoms with E-state index in [1.807, 2.05) is 41.3 Å². The lowest BCUT2D eigenvalue weighted by Crippen LogP contribution is -2.59. The van der Waals surface area contributed by atoms with Crippen molar-refractivity contribution >= 4 is 11.9 Å². The fourth-order valence-corrected chi connectivity index (χ4v) is 5.87. The maximum Gasteiger partial charge on any atom is 0.328 e. The lowest BCUT2D eigenvalue weighted by atomic mass is 9.84. The molecule has 2 aromatic rings. The molecule has 0 radical (unpaired) electrons. The number of amides is 3. The molecular weight excluding hydrogens is 426 g/mol. The Morgan fingerprint density at radius 2 is 1.65 bits per heavy atom. The molecule has 3 saturated heterocycles. The number of carbonyl (C=O) groups excluding carboxylic acids is 2. The molecule has 7 nitrogen and oxygen atoms in total. The van der Waals surface area contributed by atoms with Gasteiger partial charge in [-0.3, -0.25) is 14.7 Å². The monoisotopic (exact) mass is 461 g/mol. The highest BCUT2D eigenvalue weighted by Crippen LogP contribution is 2.39. The number of imide groups is 1. The Kier molecular flexibility index (Phi) is 6.66. The lowest BCUT2D eigenvalue weighted by Gasteiger charge is -2.46. The molecule has 0 atom stereocenters.